The molecule has 23 heavy (non-hydrogen) atoms. The molecule has 0 amide bonds. The largest absolute Gasteiger partial charge is 0.395 e. The van der Waals surface area contributed by atoms with E-state index in [0.717, 1.165) is 24.1 Å². The third kappa shape index (κ3) is 7.91. The van der Waals surface area contributed by atoms with Crippen molar-refractivity contribution < 1.29 is 10.2 Å². The summed E-state index contributed by atoms with van der Waals surface area (Å²) in [6, 6.07) is 3.24. The second-order valence-electron chi connectivity index (χ2n) is 6.58. The molecule has 0 fully saturated rings. The van der Waals surface area contributed by atoms with Crippen LogP contribution in [-0.4, -0.2) is 27.8 Å². The van der Waals surface area contributed by atoms with Crippen molar-refractivity contribution in [1.29, 1.82) is 0 Å². The summed E-state index contributed by atoms with van der Waals surface area (Å²) in [5, 5.41) is 19.2. The van der Waals surface area contributed by atoms with Gasteiger partial charge in [-0.3, -0.25) is 4.98 Å². The first-order valence-electron chi connectivity index (χ1n) is 9.10. The molecule has 4 nitrogen and oxygen atoms in total. The third-order valence-corrected chi connectivity index (χ3v) is 4.25. The maximum atomic E-state index is 10.1. The van der Waals surface area contributed by atoms with Crippen molar-refractivity contribution in [2.24, 2.45) is 5.73 Å². The molecule has 0 aliphatic rings. The van der Waals surface area contributed by atoms with Gasteiger partial charge in [0.25, 0.3) is 0 Å². The topological polar surface area (TPSA) is 79.4 Å². The van der Waals surface area contributed by atoms with Crippen LogP contribution in [0.4, 0.5) is 0 Å². The highest BCUT2D eigenvalue weighted by Crippen LogP contribution is 2.17. The number of aromatic nitrogens is 1. The van der Waals surface area contributed by atoms with Crippen molar-refractivity contribution in [3.63, 3.8) is 0 Å². The van der Waals surface area contributed by atoms with Gasteiger partial charge in [-0.05, 0) is 37.5 Å². The quantitative estimate of drug-likeness (QED) is 0.515. The van der Waals surface area contributed by atoms with Crippen molar-refractivity contribution >= 4 is 0 Å². The molecule has 4 heteroatoms. The summed E-state index contributed by atoms with van der Waals surface area (Å²) in [4.78, 5) is 4.52. The van der Waals surface area contributed by atoms with E-state index in [1.54, 1.807) is 0 Å². The van der Waals surface area contributed by atoms with E-state index in [1.807, 2.05) is 13.0 Å². The summed E-state index contributed by atoms with van der Waals surface area (Å²) in [5.41, 5.74) is 8.36. The standard InChI is InChI=1S/C19H34N2O2/c1-3-4-5-6-7-8-9-10-11-16-12-15(2)13-18(21-16)19(23)17(20)14-22/h12-13,17,19,22-23H,3-11,14,20H2,1-2H3. The molecule has 0 bridgehead atoms. The fourth-order valence-electron chi connectivity index (χ4n) is 2.81. The van der Waals surface area contributed by atoms with Gasteiger partial charge in [0.1, 0.15) is 6.10 Å². The van der Waals surface area contributed by atoms with Crippen molar-refractivity contribution in [2.45, 2.75) is 83.8 Å². The molecular formula is C19H34N2O2. The van der Waals surface area contributed by atoms with Crippen molar-refractivity contribution in [2.75, 3.05) is 6.61 Å². The second-order valence-corrected chi connectivity index (χ2v) is 6.58. The molecule has 1 aromatic rings. The molecule has 0 radical (unpaired) electrons. The van der Waals surface area contributed by atoms with E-state index in [-0.39, 0.29) is 6.61 Å². The Labute approximate surface area is 141 Å². The molecule has 2 unspecified atom stereocenters. The van der Waals surface area contributed by atoms with E-state index in [4.69, 9.17) is 10.8 Å². The number of aryl methyl sites for hydroxylation is 2. The summed E-state index contributed by atoms with van der Waals surface area (Å²) in [6.07, 6.45) is 10.4. The number of unbranched alkanes of at least 4 members (excludes halogenated alkanes) is 7. The highest BCUT2D eigenvalue weighted by molar-refractivity contribution is 5.22. The monoisotopic (exact) mass is 322 g/mol. The molecule has 4 N–H and O–H groups in total. The molecule has 132 valence electrons. The van der Waals surface area contributed by atoms with Crippen LogP contribution in [0.3, 0.4) is 0 Å². The molecule has 1 heterocycles. The fourth-order valence-corrected chi connectivity index (χ4v) is 2.81. The lowest BCUT2D eigenvalue weighted by Crippen LogP contribution is -2.32. The summed E-state index contributed by atoms with van der Waals surface area (Å²) in [5.74, 6) is 0. The van der Waals surface area contributed by atoms with Gasteiger partial charge >= 0.3 is 0 Å². The third-order valence-electron chi connectivity index (χ3n) is 4.25. The number of nitrogens with zero attached hydrogens (tertiary/aromatic N) is 1. The molecule has 0 aromatic carbocycles. The Hall–Kier alpha value is -0.970. The van der Waals surface area contributed by atoms with Crippen molar-refractivity contribution in [1.82, 2.24) is 4.98 Å². The first-order valence-corrected chi connectivity index (χ1v) is 9.10. The van der Waals surface area contributed by atoms with Crippen LogP contribution in [-0.2, 0) is 6.42 Å². The van der Waals surface area contributed by atoms with Gasteiger partial charge in [-0.15, -0.1) is 0 Å². The number of pyridine rings is 1. The summed E-state index contributed by atoms with van der Waals surface area (Å²) in [7, 11) is 0. The molecule has 1 rings (SSSR count). The van der Waals surface area contributed by atoms with Crippen molar-refractivity contribution in [3.05, 3.63) is 29.1 Å². The Bertz CT molecular complexity index is 437. The lowest BCUT2D eigenvalue weighted by Gasteiger charge is -2.17. The van der Waals surface area contributed by atoms with E-state index < -0.39 is 12.1 Å². The Balaban J connectivity index is 2.38. The molecule has 1 aromatic heterocycles. The Morgan fingerprint density at radius 1 is 1.04 bits per heavy atom. The van der Waals surface area contributed by atoms with Gasteiger partial charge in [0, 0.05) is 5.69 Å². The van der Waals surface area contributed by atoms with Crippen LogP contribution in [0.25, 0.3) is 0 Å². The van der Waals surface area contributed by atoms with Gasteiger partial charge in [0.15, 0.2) is 0 Å². The van der Waals surface area contributed by atoms with Crippen LogP contribution in [0.2, 0.25) is 0 Å². The molecule has 0 aliphatic heterocycles. The summed E-state index contributed by atoms with van der Waals surface area (Å²) < 4.78 is 0. The van der Waals surface area contributed by atoms with E-state index in [9.17, 15) is 5.11 Å². The average molecular weight is 322 g/mol. The van der Waals surface area contributed by atoms with Gasteiger partial charge in [-0.2, -0.15) is 0 Å². The summed E-state index contributed by atoms with van der Waals surface area (Å²) in [6.45, 7) is 4.00. The number of aliphatic hydroxyl groups is 2. The average Bonchev–Trinajstić information content (AvgIpc) is 2.55. The van der Waals surface area contributed by atoms with Crippen LogP contribution < -0.4 is 5.73 Å². The zero-order valence-corrected chi connectivity index (χ0v) is 14.8. The highest BCUT2D eigenvalue weighted by Gasteiger charge is 2.18. The second kappa shape index (κ2) is 11.5. The first kappa shape index (κ1) is 20.1. The molecular weight excluding hydrogens is 288 g/mol. The van der Waals surface area contributed by atoms with Crippen LogP contribution in [0.5, 0.6) is 0 Å². The van der Waals surface area contributed by atoms with E-state index in [0.29, 0.717) is 5.69 Å². The first-order chi connectivity index (χ1) is 11.1. The number of nitrogens with two attached hydrogens (primary N) is 1. The molecule has 2 atom stereocenters. The summed E-state index contributed by atoms with van der Waals surface area (Å²) >= 11 is 0. The lowest BCUT2D eigenvalue weighted by atomic mass is 10.0. The van der Waals surface area contributed by atoms with E-state index in [1.165, 1.54) is 44.9 Å². The maximum absolute atomic E-state index is 10.1. The Morgan fingerprint density at radius 2 is 1.65 bits per heavy atom. The van der Waals surface area contributed by atoms with Crippen LogP contribution in [0.1, 0.15) is 81.3 Å². The van der Waals surface area contributed by atoms with Crippen LogP contribution in [0.15, 0.2) is 12.1 Å². The number of hydrogen-bond donors (Lipinski definition) is 3. The van der Waals surface area contributed by atoms with Gasteiger partial charge in [-0.25, -0.2) is 0 Å². The van der Waals surface area contributed by atoms with Gasteiger partial charge < -0.3 is 15.9 Å². The van der Waals surface area contributed by atoms with Crippen molar-refractivity contribution in [3.8, 4) is 0 Å². The van der Waals surface area contributed by atoms with Crippen LogP contribution >= 0.6 is 0 Å². The highest BCUT2D eigenvalue weighted by atomic mass is 16.3. The number of hydrogen-bond acceptors (Lipinski definition) is 4. The normalized spacial score (nSPS) is 14.0. The molecule has 0 aliphatic carbocycles. The van der Waals surface area contributed by atoms with Gasteiger partial charge in [0.05, 0.1) is 18.3 Å². The predicted octanol–water partition coefficient (Wildman–Crippen LogP) is 3.43. The Morgan fingerprint density at radius 3 is 2.26 bits per heavy atom. The number of aliphatic hydroxyl groups excluding tert-OH is 2. The lowest BCUT2D eigenvalue weighted by molar-refractivity contribution is 0.106. The van der Waals surface area contributed by atoms with E-state index >= 15 is 0 Å². The minimum Gasteiger partial charge on any atom is -0.395 e. The number of rotatable bonds is 12. The zero-order valence-electron chi connectivity index (χ0n) is 14.8. The SMILES string of the molecule is CCCCCCCCCCc1cc(C)cc(C(O)C(N)CO)n1. The molecule has 0 saturated carbocycles. The predicted molar refractivity (Wildman–Crippen MR) is 95.3 cm³/mol. The van der Waals surface area contributed by atoms with Gasteiger partial charge in [-0.1, -0.05) is 51.9 Å². The maximum Gasteiger partial charge on any atom is 0.113 e. The minimum atomic E-state index is -0.905. The van der Waals surface area contributed by atoms with Crippen LogP contribution in [0, 0.1) is 6.92 Å². The zero-order chi connectivity index (χ0) is 17.1. The minimum absolute atomic E-state index is 0.246. The molecule has 0 saturated heterocycles. The molecule has 0 spiro atoms. The van der Waals surface area contributed by atoms with E-state index in [2.05, 4.69) is 18.0 Å². The smallest absolute Gasteiger partial charge is 0.113 e. The fraction of sp³-hybridized carbons (Fsp3) is 0.737. The Kier molecular flexibility index (Phi) is 10.1. The van der Waals surface area contributed by atoms with Gasteiger partial charge in [0.2, 0.25) is 0 Å².